The number of carboxylic acid groups (broad SMARTS) is 1. The number of carbonyl (C=O) groups is 1. The second-order valence-corrected chi connectivity index (χ2v) is 15.5. The van der Waals surface area contributed by atoms with Gasteiger partial charge in [-0.2, -0.15) is 0 Å². The van der Waals surface area contributed by atoms with Crippen molar-refractivity contribution >= 4 is 52.3 Å². The number of nitrogens with zero attached hydrogens (tertiary/aromatic N) is 2. The number of nitrogens with one attached hydrogen (secondary N) is 3. The van der Waals surface area contributed by atoms with Gasteiger partial charge in [-0.1, -0.05) is 140 Å². The molecule has 5 aromatic carbocycles. The Morgan fingerprint density at radius 3 is 1.37 bits per heavy atom. The molecule has 0 saturated heterocycles. The van der Waals surface area contributed by atoms with Crippen LogP contribution in [-0.2, 0) is 11.2 Å². The molecule has 2 aliphatic rings. The monoisotopic (exact) mass is 821 g/mol. The number of hydrogen-bond acceptors (Lipinski definition) is 5. The van der Waals surface area contributed by atoms with Crippen molar-refractivity contribution in [2.75, 3.05) is 13.2 Å². The zero-order chi connectivity index (χ0) is 42.5. The van der Waals surface area contributed by atoms with E-state index in [0.717, 1.165) is 94.9 Å². The fourth-order valence-electron chi connectivity index (χ4n) is 8.50. The third kappa shape index (κ3) is 8.11. The molecule has 4 N–H and O–H groups in total. The number of benzene rings is 5. The molecular formula is C55H43N5O3. The molecule has 0 saturated carbocycles. The van der Waals surface area contributed by atoms with Crippen molar-refractivity contribution in [2.45, 2.75) is 12.5 Å². The van der Waals surface area contributed by atoms with Crippen molar-refractivity contribution in [3.8, 4) is 50.3 Å². The summed E-state index contributed by atoms with van der Waals surface area (Å²) in [5.41, 5.74) is 15.6. The van der Waals surface area contributed by atoms with Gasteiger partial charge in [0.15, 0.2) is 0 Å². The van der Waals surface area contributed by atoms with E-state index in [1.54, 1.807) is 0 Å². The van der Waals surface area contributed by atoms with E-state index in [4.69, 9.17) is 14.7 Å². The minimum Gasteiger partial charge on any atom is -0.492 e. The smallest absolute Gasteiger partial charge is 0.321 e. The maximum atomic E-state index is 12.2. The lowest BCUT2D eigenvalue weighted by Gasteiger charge is -2.16. The zero-order valence-corrected chi connectivity index (χ0v) is 34.3. The Hall–Kier alpha value is -8.07. The third-order valence-corrected chi connectivity index (χ3v) is 11.4. The van der Waals surface area contributed by atoms with Gasteiger partial charge in [0.2, 0.25) is 0 Å². The Morgan fingerprint density at radius 1 is 0.508 bits per heavy atom. The summed E-state index contributed by atoms with van der Waals surface area (Å²) in [6, 6.07) is 56.4. The lowest BCUT2D eigenvalue weighted by Crippen LogP contribution is -2.40. The first-order valence-corrected chi connectivity index (χ1v) is 21.1. The second-order valence-electron chi connectivity index (χ2n) is 15.5. The maximum absolute atomic E-state index is 12.2. The number of para-hydroxylation sites is 1. The Kier molecular flexibility index (Phi) is 10.9. The maximum Gasteiger partial charge on any atom is 0.321 e. The standard InChI is InChI=1S/C55H43N5O3/c61-55(62)49(35-36-15-5-1-6-16-36)56-33-34-63-50-24-14-13-23-40(50)54-47-31-29-45(59-47)52(38-19-9-3-10-20-38)43-27-25-41(57-43)51(37-17-7-2-8-18-37)42-26-28-44(58-42)53(39-21-11-4-12-22-39)46-30-32-48(54)60-46/h1-32,49,56-57,60H,33-35H2,(H,61,62). The Bertz CT molecular complexity index is 3140. The highest BCUT2D eigenvalue weighted by Crippen LogP contribution is 2.40. The van der Waals surface area contributed by atoms with Gasteiger partial charge in [-0.25, -0.2) is 9.97 Å². The van der Waals surface area contributed by atoms with E-state index in [1.807, 2.05) is 97.1 Å². The van der Waals surface area contributed by atoms with Crippen LogP contribution in [-0.4, -0.2) is 50.2 Å². The van der Waals surface area contributed by atoms with Gasteiger partial charge in [0.05, 0.1) is 22.8 Å². The number of aliphatic carboxylic acids is 1. The predicted molar refractivity (Wildman–Crippen MR) is 256 cm³/mol. The average Bonchev–Trinajstić information content (AvgIpc) is 4.18. The lowest BCUT2D eigenvalue weighted by atomic mass is 10.0. The van der Waals surface area contributed by atoms with E-state index in [9.17, 15) is 9.90 Å². The van der Waals surface area contributed by atoms with Crippen LogP contribution in [0.2, 0.25) is 0 Å². The molecule has 2 aliphatic heterocycles. The minimum atomic E-state index is -0.904. The van der Waals surface area contributed by atoms with Crippen LogP contribution in [0.5, 0.6) is 5.75 Å². The number of ether oxygens (including phenoxy) is 1. The zero-order valence-electron chi connectivity index (χ0n) is 34.3. The molecule has 1 atom stereocenters. The first kappa shape index (κ1) is 39.1. The van der Waals surface area contributed by atoms with Gasteiger partial charge >= 0.3 is 5.97 Å². The van der Waals surface area contributed by atoms with Crippen molar-refractivity contribution < 1.29 is 14.6 Å². The molecule has 63 heavy (non-hydrogen) atoms. The molecule has 0 spiro atoms. The number of carboxylic acids is 1. The fourth-order valence-corrected chi connectivity index (χ4v) is 8.50. The molecule has 8 bridgehead atoms. The summed E-state index contributed by atoms with van der Waals surface area (Å²) >= 11 is 0. The Balaban J connectivity index is 1.18. The van der Waals surface area contributed by atoms with Crippen molar-refractivity contribution in [1.82, 2.24) is 25.3 Å². The molecule has 1 unspecified atom stereocenters. The summed E-state index contributed by atoms with van der Waals surface area (Å²) in [5, 5.41) is 13.2. The Morgan fingerprint density at radius 2 is 0.905 bits per heavy atom. The van der Waals surface area contributed by atoms with Crippen LogP contribution in [0.3, 0.4) is 0 Å². The highest BCUT2D eigenvalue weighted by atomic mass is 16.5. The number of hydrogen-bond donors (Lipinski definition) is 4. The first-order chi connectivity index (χ1) is 31.1. The second kappa shape index (κ2) is 17.5. The quantitative estimate of drug-likeness (QED) is 0.0912. The molecule has 0 radical (unpaired) electrons. The van der Waals surface area contributed by atoms with Crippen LogP contribution in [0.4, 0.5) is 0 Å². The van der Waals surface area contributed by atoms with Gasteiger partial charge in [-0.05, 0) is 83.3 Å². The van der Waals surface area contributed by atoms with Crippen LogP contribution >= 0.6 is 0 Å². The van der Waals surface area contributed by atoms with Crippen LogP contribution in [0.15, 0.2) is 170 Å². The van der Waals surface area contributed by atoms with Crippen LogP contribution in [0.1, 0.15) is 28.3 Å². The number of aromatic amines is 2. The largest absolute Gasteiger partial charge is 0.492 e. The number of aromatic nitrogens is 4. The molecule has 0 amide bonds. The molecule has 0 aliphatic carbocycles. The van der Waals surface area contributed by atoms with Gasteiger partial charge in [0.1, 0.15) is 18.4 Å². The first-order valence-electron chi connectivity index (χ1n) is 21.1. The lowest BCUT2D eigenvalue weighted by molar-refractivity contribution is -0.139. The fraction of sp³-hybridized carbons (Fsp3) is 0.0727. The van der Waals surface area contributed by atoms with E-state index in [1.165, 1.54) is 0 Å². The van der Waals surface area contributed by atoms with Crippen molar-refractivity contribution in [2.24, 2.45) is 0 Å². The van der Waals surface area contributed by atoms with Crippen LogP contribution in [0, 0.1) is 0 Å². The topological polar surface area (TPSA) is 116 Å². The predicted octanol–water partition coefficient (Wildman–Crippen LogP) is 12.0. The summed E-state index contributed by atoms with van der Waals surface area (Å²) in [5.74, 6) is -0.252. The van der Waals surface area contributed by atoms with Gasteiger partial charge in [-0.3, -0.25) is 4.79 Å². The minimum absolute atomic E-state index is 0.249. The molecule has 3 aromatic heterocycles. The Labute approximate surface area is 365 Å². The summed E-state index contributed by atoms with van der Waals surface area (Å²) in [4.78, 5) is 30.7. The molecular weight excluding hydrogens is 779 g/mol. The average molecular weight is 822 g/mol. The molecule has 5 heterocycles. The SMILES string of the molecule is O=C(O)C(Cc1ccccc1)NCCOc1ccccc1-c1c2nc(c(-c3ccccc3)c3ccc([nH]3)c(-c3ccccc3)c3nc(c(-c4ccccc4)c4ccc1[nH]4)C=C3)C=C2. The van der Waals surface area contributed by atoms with Crippen LogP contribution in [0.25, 0.3) is 90.9 Å². The summed E-state index contributed by atoms with van der Waals surface area (Å²) in [7, 11) is 0. The summed E-state index contributed by atoms with van der Waals surface area (Å²) in [6.45, 7) is 0.582. The third-order valence-electron chi connectivity index (χ3n) is 11.4. The summed E-state index contributed by atoms with van der Waals surface area (Å²) < 4.78 is 6.53. The highest BCUT2D eigenvalue weighted by molar-refractivity contribution is 6.00. The number of fused-ring (bicyclic) bond motifs is 8. The van der Waals surface area contributed by atoms with Crippen LogP contribution < -0.4 is 10.1 Å². The van der Waals surface area contributed by atoms with Crippen molar-refractivity contribution in [1.29, 1.82) is 0 Å². The molecule has 10 rings (SSSR count). The van der Waals surface area contributed by atoms with E-state index in [0.29, 0.717) is 18.7 Å². The number of H-pyrrole nitrogens is 2. The van der Waals surface area contributed by atoms with Crippen molar-refractivity contribution in [3.63, 3.8) is 0 Å². The summed E-state index contributed by atoms with van der Waals surface area (Å²) in [6.07, 6.45) is 8.73. The van der Waals surface area contributed by atoms with E-state index >= 15 is 0 Å². The number of rotatable bonds is 12. The van der Waals surface area contributed by atoms with Gasteiger partial charge in [0, 0.05) is 56.4 Å². The van der Waals surface area contributed by atoms with Gasteiger partial charge in [-0.15, -0.1) is 0 Å². The normalized spacial score (nSPS) is 12.3. The molecule has 8 nitrogen and oxygen atoms in total. The molecule has 306 valence electrons. The highest BCUT2D eigenvalue weighted by Gasteiger charge is 2.21. The van der Waals surface area contributed by atoms with Gasteiger partial charge in [0.25, 0.3) is 0 Å². The van der Waals surface area contributed by atoms with E-state index < -0.39 is 12.0 Å². The molecule has 8 aromatic rings. The van der Waals surface area contributed by atoms with Gasteiger partial charge < -0.3 is 25.1 Å². The van der Waals surface area contributed by atoms with E-state index in [-0.39, 0.29) is 6.61 Å². The molecule has 8 heteroatoms. The van der Waals surface area contributed by atoms with Crippen molar-refractivity contribution in [3.05, 3.63) is 198 Å². The van der Waals surface area contributed by atoms with E-state index in [2.05, 4.69) is 112 Å². The molecule has 0 fully saturated rings.